The summed E-state index contributed by atoms with van der Waals surface area (Å²) in [4.78, 5) is 26.5. The molecule has 0 unspecified atom stereocenters. The van der Waals surface area contributed by atoms with Crippen LogP contribution in [0, 0.1) is 12.8 Å². The number of hydrogen-bond acceptors (Lipinski definition) is 5. The van der Waals surface area contributed by atoms with Gasteiger partial charge in [0.15, 0.2) is 0 Å². The second-order valence-electron chi connectivity index (χ2n) is 7.49. The lowest BCUT2D eigenvalue weighted by atomic mass is 9.85. The van der Waals surface area contributed by atoms with Crippen LogP contribution in [-0.2, 0) is 12.8 Å². The molecule has 2 aromatic heterocycles. The predicted octanol–water partition coefficient (Wildman–Crippen LogP) is 5.23. The van der Waals surface area contributed by atoms with Gasteiger partial charge >= 0.3 is 0 Å². The number of primary amides is 1. The van der Waals surface area contributed by atoms with Crippen molar-refractivity contribution in [2.75, 3.05) is 5.32 Å². The molecule has 156 valence electrons. The van der Waals surface area contributed by atoms with Crippen LogP contribution in [0.3, 0.4) is 0 Å². The molecule has 0 saturated carbocycles. The first-order valence-corrected chi connectivity index (χ1v) is 11.1. The summed E-state index contributed by atoms with van der Waals surface area (Å²) in [5, 5.41) is 7.89. The fourth-order valence-corrected chi connectivity index (χ4v) is 5.58. The van der Waals surface area contributed by atoms with Crippen molar-refractivity contribution in [2.24, 2.45) is 11.7 Å². The highest BCUT2D eigenvalue weighted by Crippen LogP contribution is 2.41. The van der Waals surface area contributed by atoms with Gasteiger partial charge < -0.3 is 15.6 Å². The first-order valence-electron chi connectivity index (χ1n) is 9.87. The van der Waals surface area contributed by atoms with Crippen LogP contribution in [0.15, 0.2) is 28.8 Å². The number of benzene rings is 1. The first kappa shape index (κ1) is 20.6. The number of nitrogens with one attached hydrogen (secondary N) is 1. The minimum Gasteiger partial charge on any atom is -0.365 e. The van der Waals surface area contributed by atoms with Crippen molar-refractivity contribution in [3.63, 3.8) is 0 Å². The van der Waals surface area contributed by atoms with E-state index in [4.69, 9.17) is 21.9 Å². The number of fused-ring (bicyclic) bond motifs is 1. The second kappa shape index (κ2) is 8.24. The molecule has 0 saturated heterocycles. The third-order valence-corrected chi connectivity index (χ3v) is 7.14. The van der Waals surface area contributed by atoms with Crippen molar-refractivity contribution in [1.29, 1.82) is 0 Å². The zero-order chi connectivity index (χ0) is 21.4. The number of carbonyl (C=O) groups excluding carboxylic acids is 2. The van der Waals surface area contributed by atoms with Crippen LogP contribution in [0.25, 0.3) is 11.3 Å². The standard InChI is InChI=1S/C22H22ClN3O3S/c1-3-12-8-9-14-16(10-12)30-22(18(14)20(24)27)25-21(28)17-11(2)29-26-19(17)13-6-4-5-7-15(13)23/h4-7,12H,3,8-10H2,1-2H3,(H2,24,27)(H,25,28)/t12-/m0/s1. The first-order chi connectivity index (χ1) is 14.4. The Balaban J connectivity index is 1.71. The second-order valence-corrected chi connectivity index (χ2v) is 9.00. The molecule has 1 atom stereocenters. The lowest BCUT2D eigenvalue weighted by Gasteiger charge is -2.20. The van der Waals surface area contributed by atoms with E-state index in [1.54, 1.807) is 25.1 Å². The molecule has 0 radical (unpaired) electrons. The quantitative estimate of drug-likeness (QED) is 0.563. The van der Waals surface area contributed by atoms with Gasteiger partial charge in [0.2, 0.25) is 0 Å². The van der Waals surface area contributed by atoms with E-state index in [0.29, 0.717) is 38.5 Å². The van der Waals surface area contributed by atoms with E-state index in [2.05, 4.69) is 17.4 Å². The van der Waals surface area contributed by atoms with E-state index in [1.165, 1.54) is 11.3 Å². The minimum absolute atomic E-state index is 0.288. The van der Waals surface area contributed by atoms with Gasteiger partial charge in [-0.15, -0.1) is 11.3 Å². The molecule has 0 spiro atoms. The zero-order valence-electron chi connectivity index (χ0n) is 16.8. The highest BCUT2D eigenvalue weighted by atomic mass is 35.5. The fraction of sp³-hybridized carbons (Fsp3) is 0.318. The van der Waals surface area contributed by atoms with Gasteiger partial charge in [-0.1, -0.05) is 48.3 Å². The van der Waals surface area contributed by atoms with Crippen molar-refractivity contribution in [3.05, 3.63) is 56.6 Å². The molecule has 4 rings (SSSR count). The molecular weight excluding hydrogens is 422 g/mol. The van der Waals surface area contributed by atoms with Gasteiger partial charge in [-0.25, -0.2) is 0 Å². The van der Waals surface area contributed by atoms with E-state index in [-0.39, 0.29) is 5.56 Å². The van der Waals surface area contributed by atoms with Gasteiger partial charge in [-0.05, 0) is 43.7 Å². The number of nitrogens with zero attached hydrogens (tertiary/aromatic N) is 1. The fourth-order valence-electron chi connectivity index (χ4n) is 3.99. The van der Waals surface area contributed by atoms with Crippen LogP contribution < -0.4 is 11.1 Å². The third-order valence-electron chi connectivity index (χ3n) is 5.64. The number of carbonyl (C=O) groups is 2. The molecule has 2 heterocycles. The average molecular weight is 444 g/mol. The molecule has 3 aromatic rings. The summed E-state index contributed by atoms with van der Waals surface area (Å²) in [6.45, 7) is 3.84. The van der Waals surface area contributed by atoms with E-state index in [9.17, 15) is 9.59 Å². The molecule has 0 aliphatic heterocycles. The summed E-state index contributed by atoms with van der Waals surface area (Å²) in [5.41, 5.74) is 8.34. The molecule has 0 fully saturated rings. The van der Waals surface area contributed by atoms with Crippen LogP contribution in [0.4, 0.5) is 5.00 Å². The average Bonchev–Trinajstić information content (AvgIpc) is 3.27. The normalized spacial score (nSPS) is 15.6. The smallest absolute Gasteiger partial charge is 0.262 e. The van der Waals surface area contributed by atoms with Crippen LogP contribution in [0.5, 0.6) is 0 Å². The van der Waals surface area contributed by atoms with Crippen LogP contribution in [0.1, 0.15) is 56.7 Å². The number of aryl methyl sites for hydroxylation is 1. The number of anilines is 1. The maximum absolute atomic E-state index is 13.2. The van der Waals surface area contributed by atoms with Crippen LogP contribution in [-0.4, -0.2) is 17.0 Å². The lowest BCUT2D eigenvalue weighted by Crippen LogP contribution is -2.20. The monoisotopic (exact) mass is 443 g/mol. The Morgan fingerprint density at radius 3 is 2.80 bits per heavy atom. The van der Waals surface area contributed by atoms with Gasteiger partial charge in [0.25, 0.3) is 11.8 Å². The summed E-state index contributed by atoms with van der Waals surface area (Å²) in [7, 11) is 0. The maximum atomic E-state index is 13.2. The van der Waals surface area contributed by atoms with E-state index < -0.39 is 11.8 Å². The molecular formula is C22H22ClN3O3S. The largest absolute Gasteiger partial charge is 0.365 e. The number of hydrogen-bond donors (Lipinski definition) is 2. The van der Waals surface area contributed by atoms with Crippen molar-refractivity contribution in [3.8, 4) is 11.3 Å². The Hall–Kier alpha value is -2.64. The Morgan fingerprint density at radius 1 is 1.33 bits per heavy atom. The van der Waals surface area contributed by atoms with Crippen molar-refractivity contribution < 1.29 is 14.1 Å². The van der Waals surface area contributed by atoms with Crippen molar-refractivity contribution >= 4 is 39.8 Å². The predicted molar refractivity (Wildman–Crippen MR) is 118 cm³/mol. The summed E-state index contributed by atoms with van der Waals surface area (Å²) in [6, 6.07) is 7.12. The number of rotatable bonds is 5. The molecule has 0 bridgehead atoms. The number of thiophene rings is 1. The molecule has 1 aromatic carbocycles. The molecule has 8 heteroatoms. The lowest BCUT2D eigenvalue weighted by molar-refractivity contribution is 0.1000. The Bertz CT molecular complexity index is 1130. The van der Waals surface area contributed by atoms with E-state index in [1.807, 2.05) is 6.07 Å². The van der Waals surface area contributed by atoms with Gasteiger partial charge in [0.05, 0.1) is 10.6 Å². The number of halogens is 1. The van der Waals surface area contributed by atoms with Crippen LogP contribution >= 0.6 is 22.9 Å². The highest BCUT2D eigenvalue weighted by Gasteiger charge is 2.30. The summed E-state index contributed by atoms with van der Waals surface area (Å²) in [6.07, 6.45) is 3.82. The molecule has 1 aliphatic rings. The van der Waals surface area contributed by atoms with E-state index >= 15 is 0 Å². The number of nitrogens with two attached hydrogens (primary N) is 1. The van der Waals surface area contributed by atoms with E-state index in [0.717, 1.165) is 36.1 Å². The van der Waals surface area contributed by atoms with Gasteiger partial charge in [-0.3, -0.25) is 9.59 Å². The molecule has 1 aliphatic carbocycles. The summed E-state index contributed by atoms with van der Waals surface area (Å²) in [5.74, 6) is 0.0332. The Labute approximate surface area is 183 Å². The van der Waals surface area contributed by atoms with Gasteiger partial charge in [0, 0.05) is 10.4 Å². The number of amides is 2. The minimum atomic E-state index is -0.522. The number of aromatic nitrogens is 1. The van der Waals surface area contributed by atoms with Gasteiger partial charge in [0.1, 0.15) is 22.0 Å². The molecule has 6 nitrogen and oxygen atoms in total. The SMILES string of the molecule is CC[C@H]1CCc2c(sc(NC(=O)c3c(-c4ccccc4Cl)noc3C)c2C(N)=O)C1. The van der Waals surface area contributed by atoms with Crippen molar-refractivity contribution in [2.45, 2.75) is 39.5 Å². The zero-order valence-corrected chi connectivity index (χ0v) is 18.3. The third kappa shape index (κ3) is 3.63. The topological polar surface area (TPSA) is 98.2 Å². The maximum Gasteiger partial charge on any atom is 0.262 e. The summed E-state index contributed by atoms with van der Waals surface area (Å²) < 4.78 is 5.29. The molecule has 3 N–H and O–H groups in total. The van der Waals surface area contributed by atoms with Crippen LogP contribution in [0.2, 0.25) is 5.02 Å². The molecule has 30 heavy (non-hydrogen) atoms. The van der Waals surface area contributed by atoms with Gasteiger partial charge in [-0.2, -0.15) is 0 Å². The van der Waals surface area contributed by atoms with Crippen molar-refractivity contribution in [1.82, 2.24) is 5.16 Å². The molecule has 2 amide bonds. The highest BCUT2D eigenvalue weighted by molar-refractivity contribution is 7.17. The Kier molecular flexibility index (Phi) is 5.66. The Morgan fingerprint density at radius 2 is 2.10 bits per heavy atom. The summed E-state index contributed by atoms with van der Waals surface area (Å²) >= 11 is 7.73.